The third-order valence-electron chi connectivity index (χ3n) is 3.09. The normalized spacial score (nSPS) is 12.1. The van der Waals surface area contributed by atoms with E-state index in [1.807, 2.05) is 24.4 Å². The summed E-state index contributed by atoms with van der Waals surface area (Å²) in [6, 6.07) is 12.2. The van der Waals surface area contributed by atoms with Crippen molar-refractivity contribution in [2.45, 2.75) is 31.6 Å². The molecule has 1 atom stereocenters. The summed E-state index contributed by atoms with van der Waals surface area (Å²) in [4.78, 5) is 4.22. The summed E-state index contributed by atoms with van der Waals surface area (Å²) >= 11 is 6.43. The number of nitrogens with zero attached hydrogens (tertiary/aromatic N) is 1. The number of ether oxygens (including phenoxy) is 1. The Morgan fingerprint density at radius 2 is 2.00 bits per heavy atom. The van der Waals surface area contributed by atoms with Crippen molar-refractivity contribution in [3.8, 4) is 5.75 Å². The Hall–Kier alpha value is -1.54. The van der Waals surface area contributed by atoms with Crippen LogP contribution in [0.5, 0.6) is 5.75 Å². The van der Waals surface area contributed by atoms with Gasteiger partial charge in [0.1, 0.15) is 5.75 Å². The maximum atomic E-state index is 6.43. The average molecular weight is 290 g/mol. The zero-order valence-electron chi connectivity index (χ0n) is 11.8. The number of rotatable bonds is 7. The molecule has 0 saturated heterocycles. The van der Waals surface area contributed by atoms with Gasteiger partial charge in [-0.3, -0.25) is 4.98 Å². The molecule has 1 heterocycles. The number of aromatic nitrogens is 1. The Balaban J connectivity index is 1.90. The average Bonchev–Trinajstić information content (AvgIpc) is 2.52. The van der Waals surface area contributed by atoms with Gasteiger partial charge in [-0.1, -0.05) is 37.3 Å². The van der Waals surface area contributed by atoms with Gasteiger partial charge in [-0.05, 0) is 36.5 Å². The summed E-state index contributed by atoms with van der Waals surface area (Å²) in [5.74, 6) is 0.843. The van der Waals surface area contributed by atoms with Gasteiger partial charge in [-0.15, -0.1) is 11.6 Å². The van der Waals surface area contributed by atoms with Gasteiger partial charge in [0.15, 0.2) is 0 Å². The SMILES string of the molecule is CCCOc1cncc(CCC(Cl)c2ccccc2)c1. The molecule has 0 bridgehead atoms. The minimum atomic E-state index is 0.0383. The van der Waals surface area contributed by atoms with Gasteiger partial charge in [-0.2, -0.15) is 0 Å². The topological polar surface area (TPSA) is 22.1 Å². The van der Waals surface area contributed by atoms with Crippen LogP contribution in [-0.4, -0.2) is 11.6 Å². The lowest BCUT2D eigenvalue weighted by molar-refractivity contribution is 0.316. The third-order valence-corrected chi connectivity index (χ3v) is 3.56. The van der Waals surface area contributed by atoms with E-state index in [1.54, 1.807) is 6.20 Å². The lowest BCUT2D eigenvalue weighted by Crippen LogP contribution is -1.98. The fourth-order valence-electron chi connectivity index (χ4n) is 2.02. The Labute approximate surface area is 125 Å². The molecule has 0 saturated carbocycles. The van der Waals surface area contributed by atoms with Crippen LogP contribution in [0, 0.1) is 0 Å². The molecule has 0 N–H and O–H groups in total. The van der Waals surface area contributed by atoms with Crippen LogP contribution in [0.3, 0.4) is 0 Å². The molecule has 3 heteroatoms. The van der Waals surface area contributed by atoms with Crippen LogP contribution in [0.4, 0.5) is 0 Å². The lowest BCUT2D eigenvalue weighted by atomic mass is 10.0. The fourth-order valence-corrected chi connectivity index (χ4v) is 2.28. The number of halogens is 1. The summed E-state index contributed by atoms with van der Waals surface area (Å²) < 4.78 is 5.59. The molecular formula is C17H20ClNO. The molecule has 1 aromatic heterocycles. The molecule has 20 heavy (non-hydrogen) atoms. The number of pyridine rings is 1. The van der Waals surface area contributed by atoms with Crippen molar-refractivity contribution in [3.63, 3.8) is 0 Å². The molecule has 106 valence electrons. The van der Waals surface area contributed by atoms with Crippen molar-refractivity contribution >= 4 is 11.6 Å². The predicted molar refractivity (Wildman–Crippen MR) is 83.4 cm³/mol. The van der Waals surface area contributed by atoms with Gasteiger partial charge < -0.3 is 4.74 Å². The van der Waals surface area contributed by atoms with Crippen molar-refractivity contribution in [1.82, 2.24) is 4.98 Å². The monoisotopic (exact) mass is 289 g/mol. The van der Waals surface area contributed by atoms with Crippen molar-refractivity contribution in [2.24, 2.45) is 0 Å². The quantitative estimate of drug-likeness (QED) is 0.684. The maximum absolute atomic E-state index is 6.43. The van der Waals surface area contributed by atoms with E-state index >= 15 is 0 Å². The third kappa shape index (κ3) is 4.53. The largest absolute Gasteiger partial charge is 0.492 e. The standard InChI is InChI=1S/C17H20ClNO/c1-2-10-20-16-11-14(12-19-13-16)8-9-17(18)15-6-4-3-5-7-15/h3-7,11-13,17H,2,8-10H2,1H3. The van der Waals surface area contributed by atoms with Crippen LogP contribution >= 0.6 is 11.6 Å². The number of benzene rings is 1. The van der Waals surface area contributed by atoms with Crippen LogP contribution < -0.4 is 4.74 Å². The summed E-state index contributed by atoms with van der Waals surface area (Å²) in [5.41, 5.74) is 2.33. The van der Waals surface area contributed by atoms with E-state index in [0.717, 1.165) is 31.6 Å². The molecule has 0 radical (unpaired) electrons. The smallest absolute Gasteiger partial charge is 0.137 e. The predicted octanol–water partition coefficient (Wildman–Crippen LogP) is 4.78. The van der Waals surface area contributed by atoms with E-state index in [0.29, 0.717) is 0 Å². The molecule has 0 spiro atoms. The first kappa shape index (κ1) is 14.9. The molecule has 0 amide bonds. The van der Waals surface area contributed by atoms with E-state index in [1.165, 1.54) is 11.1 Å². The Morgan fingerprint density at radius 1 is 1.20 bits per heavy atom. The maximum Gasteiger partial charge on any atom is 0.137 e. The lowest BCUT2D eigenvalue weighted by Gasteiger charge is -2.10. The first-order valence-corrected chi connectivity index (χ1v) is 7.49. The molecule has 2 rings (SSSR count). The minimum absolute atomic E-state index is 0.0383. The van der Waals surface area contributed by atoms with Crippen molar-refractivity contribution in [2.75, 3.05) is 6.61 Å². The summed E-state index contributed by atoms with van der Waals surface area (Å²) in [6.45, 7) is 2.82. The molecule has 0 fully saturated rings. The molecule has 0 aliphatic heterocycles. The van der Waals surface area contributed by atoms with Crippen LogP contribution in [-0.2, 0) is 6.42 Å². The van der Waals surface area contributed by atoms with Gasteiger partial charge in [0.05, 0.1) is 18.2 Å². The van der Waals surface area contributed by atoms with E-state index in [-0.39, 0.29) is 5.38 Å². The molecule has 1 aromatic carbocycles. The second kappa shape index (κ2) is 7.91. The fraction of sp³-hybridized carbons (Fsp3) is 0.353. The minimum Gasteiger partial charge on any atom is -0.492 e. The number of hydrogen-bond acceptors (Lipinski definition) is 2. The van der Waals surface area contributed by atoms with Crippen LogP contribution in [0.1, 0.15) is 36.3 Å². The molecular weight excluding hydrogens is 270 g/mol. The number of hydrogen-bond donors (Lipinski definition) is 0. The van der Waals surface area contributed by atoms with Crippen molar-refractivity contribution < 1.29 is 4.74 Å². The molecule has 2 aromatic rings. The van der Waals surface area contributed by atoms with Gasteiger partial charge in [0.2, 0.25) is 0 Å². The second-order valence-corrected chi connectivity index (χ2v) is 5.32. The van der Waals surface area contributed by atoms with E-state index in [9.17, 15) is 0 Å². The number of aryl methyl sites for hydroxylation is 1. The van der Waals surface area contributed by atoms with Gasteiger partial charge in [-0.25, -0.2) is 0 Å². The van der Waals surface area contributed by atoms with Crippen LogP contribution in [0.15, 0.2) is 48.8 Å². The highest BCUT2D eigenvalue weighted by Crippen LogP contribution is 2.26. The Morgan fingerprint density at radius 3 is 2.75 bits per heavy atom. The van der Waals surface area contributed by atoms with Crippen LogP contribution in [0.2, 0.25) is 0 Å². The van der Waals surface area contributed by atoms with E-state index in [2.05, 4.69) is 30.1 Å². The van der Waals surface area contributed by atoms with Gasteiger partial charge in [0.25, 0.3) is 0 Å². The summed E-state index contributed by atoms with van der Waals surface area (Å²) in [5, 5.41) is 0.0383. The summed E-state index contributed by atoms with van der Waals surface area (Å²) in [6.07, 6.45) is 6.44. The second-order valence-electron chi connectivity index (χ2n) is 4.79. The van der Waals surface area contributed by atoms with Crippen LogP contribution in [0.25, 0.3) is 0 Å². The Kier molecular flexibility index (Phi) is 5.87. The zero-order chi connectivity index (χ0) is 14.2. The summed E-state index contributed by atoms with van der Waals surface area (Å²) in [7, 11) is 0. The zero-order valence-corrected chi connectivity index (χ0v) is 12.5. The van der Waals surface area contributed by atoms with E-state index < -0.39 is 0 Å². The highest BCUT2D eigenvalue weighted by Gasteiger charge is 2.08. The molecule has 2 nitrogen and oxygen atoms in total. The first-order chi connectivity index (χ1) is 9.79. The molecule has 1 unspecified atom stereocenters. The number of alkyl halides is 1. The molecule has 0 aliphatic rings. The van der Waals surface area contributed by atoms with Crippen molar-refractivity contribution in [3.05, 3.63) is 59.9 Å². The molecule has 0 aliphatic carbocycles. The highest BCUT2D eigenvalue weighted by atomic mass is 35.5. The van der Waals surface area contributed by atoms with E-state index in [4.69, 9.17) is 16.3 Å². The van der Waals surface area contributed by atoms with Crippen molar-refractivity contribution in [1.29, 1.82) is 0 Å². The highest BCUT2D eigenvalue weighted by molar-refractivity contribution is 6.20. The van der Waals surface area contributed by atoms with Gasteiger partial charge in [0, 0.05) is 6.20 Å². The van der Waals surface area contributed by atoms with Gasteiger partial charge >= 0.3 is 0 Å². The first-order valence-electron chi connectivity index (χ1n) is 7.05. The Bertz CT molecular complexity index is 515.